The number of para-hydroxylation sites is 1. The number of rotatable bonds is 9. The Morgan fingerprint density at radius 2 is 1.90 bits per heavy atom. The molecule has 3 heteroatoms. The minimum atomic E-state index is -0.441. The third-order valence-corrected chi connectivity index (χ3v) is 3.87. The Morgan fingerprint density at radius 1 is 1.25 bits per heavy atom. The molecule has 2 N–H and O–H groups in total. The molecular formula is C17H27NO2. The van der Waals surface area contributed by atoms with Crippen LogP contribution in [0.1, 0.15) is 37.8 Å². The zero-order valence-electron chi connectivity index (χ0n) is 12.7. The van der Waals surface area contributed by atoms with Crippen LogP contribution in [0.4, 0.5) is 5.69 Å². The number of aliphatic hydroxyl groups is 1. The van der Waals surface area contributed by atoms with Crippen LogP contribution in [0.2, 0.25) is 0 Å². The number of hydrogen-bond acceptors (Lipinski definition) is 3. The summed E-state index contributed by atoms with van der Waals surface area (Å²) >= 11 is 0. The molecule has 1 unspecified atom stereocenters. The van der Waals surface area contributed by atoms with E-state index in [4.69, 9.17) is 4.74 Å². The van der Waals surface area contributed by atoms with E-state index in [0.29, 0.717) is 13.2 Å². The van der Waals surface area contributed by atoms with Gasteiger partial charge >= 0.3 is 0 Å². The Labute approximate surface area is 122 Å². The van der Waals surface area contributed by atoms with Crippen molar-refractivity contribution in [2.45, 2.75) is 45.6 Å². The number of aliphatic hydroxyl groups excluding tert-OH is 1. The third kappa shape index (κ3) is 4.50. The van der Waals surface area contributed by atoms with Gasteiger partial charge in [-0.1, -0.05) is 32.0 Å². The lowest BCUT2D eigenvalue weighted by Crippen LogP contribution is -2.26. The number of hydrogen-bond donors (Lipinski definition) is 2. The molecule has 112 valence electrons. The van der Waals surface area contributed by atoms with Crippen LogP contribution in [-0.2, 0) is 17.6 Å². The fraction of sp³-hybridized carbons (Fsp3) is 0.647. The van der Waals surface area contributed by atoms with E-state index in [1.54, 1.807) is 0 Å². The van der Waals surface area contributed by atoms with Gasteiger partial charge in [0.05, 0.1) is 12.7 Å². The molecule has 1 aromatic rings. The number of anilines is 1. The van der Waals surface area contributed by atoms with Gasteiger partial charge in [-0.25, -0.2) is 0 Å². The molecule has 0 bridgehead atoms. The fourth-order valence-electron chi connectivity index (χ4n) is 2.40. The van der Waals surface area contributed by atoms with Crippen molar-refractivity contribution in [3.05, 3.63) is 29.3 Å². The highest BCUT2D eigenvalue weighted by atomic mass is 16.5. The van der Waals surface area contributed by atoms with Gasteiger partial charge in [-0.05, 0) is 42.7 Å². The zero-order chi connectivity index (χ0) is 14.4. The summed E-state index contributed by atoms with van der Waals surface area (Å²) in [5, 5.41) is 13.4. The summed E-state index contributed by atoms with van der Waals surface area (Å²) < 4.78 is 5.53. The molecular weight excluding hydrogens is 250 g/mol. The third-order valence-electron chi connectivity index (χ3n) is 3.87. The topological polar surface area (TPSA) is 41.5 Å². The molecule has 1 aromatic carbocycles. The lowest BCUT2D eigenvalue weighted by Gasteiger charge is -2.18. The average molecular weight is 277 g/mol. The highest BCUT2D eigenvalue weighted by Crippen LogP contribution is 2.28. The summed E-state index contributed by atoms with van der Waals surface area (Å²) in [5.74, 6) is 0.752. The van der Waals surface area contributed by atoms with Crippen LogP contribution in [-0.4, -0.2) is 31.0 Å². The molecule has 1 fully saturated rings. The van der Waals surface area contributed by atoms with Crippen molar-refractivity contribution in [2.75, 3.05) is 25.1 Å². The molecule has 0 spiro atoms. The lowest BCUT2D eigenvalue weighted by molar-refractivity contribution is 0.0386. The maximum absolute atomic E-state index is 9.98. The number of aryl methyl sites for hydroxylation is 2. The molecule has 3 nitrogen and oxygen atoms in total. The molecule has 0 amide bonds. The Hall–Kier alpha value is -1.06. The smallest absolute Gasteiger partial charge is 0.0945 e. The van der Waals surface area contributed by atoms with E-state index in [9.17, 15) is 5.11 Å². The second kappa shape index (κ2) is 7.65. The average Bonchev–Trinajstić information content (AvgIpc) is 3.28. The summed E-state index contributed by atoms with van der Waals surface area (Å²) in [6, 6.07) is 6.41. The van der Waals surface area contributed by atoms with Gasteiger partial charge in [-0.15, -0.1) is 0 Å². The maximum Gasteiger partial charge on any atom is 0.0945 e. The molecule has 1 aliphatic carbocycles. The van der Waals surface area contributed by atoms with Crippen LogP contribution in [0.15, 0.2) is 18.2 Å². The van der Waals surface area contributed by atoms with Crippen LogP contribution in [0, 0.1) is 5.92 Å². The Kier molecular flexibility index (Phi) is 5.86. The summed E-state index contributed by atoms with van der Waals surface area (Å²) in [5.41, 5.74) is 3.82. The van der Waals surface area contributed by atoms with Gasteiger partial charge in [-0.2, -0.15) is 0 Å². The molecule has 1 saturated carbocycles. The quantitative estimate of drug-likeness (QED) is 0.729. The second-order valence-corrected chi connectivity index (χ2v) is 5.67. The minimum Gasteiger partial charge on any atom is -0.389 e. The van der Waals surface area contributed by atoms with Gasteiger partial charge in [-0.3, -0.25) is 0 Å². The van der Waals surface area contributed by atoms with E-state index in [0.717, 1.165) is 25.4 Å². The van der Waals surface area contributed by atoms with Gasteiger partial charge in [0.25, 0.3) is 0 Å². The largest absolute Gasteiger partial charge is 0.389 e. The van der Waals surface area contributed by atoms with Crippen molar-refractivity contribution in [3.8, 4) is 0 Å². The number of ether oxygens (including phenoxy) is 1. The summed E-state index contributed by atoms with van der Waals surface area (Å²) in [7, 11) is 0. The summed E-state index contributed by atoms with van der Waals surface area (Å²) in [4.78, 5) is 0. The summed E-state index contributed by atoms with van der Waals surface area (Å²) in [6.07, 6.45) is 4.15. The van der Waals surface area contributed by atoms with Crippen molar-refractivity contribution in [1.82, 2.24) is 0 Å². The van der Waals surface area contributed by atoms with E-state index >= 15 is 0 Å². The molecule has 2 rings (SSSR count). The van der Waals surface area contributed by atoms with Gasteiger partial charge in [0.15, 0.2) is 0 Å². The van der Waals surface area contributed by atoms with Gasteiger partial charge < -0.3 is 15.2 Å². The summed E-state index contributed by atoms with van der Waals surface area (Å²) in [6.45, 7) is 6.11. The molecule has 0 saturated heterocycles. The van der Waals surface area contributed by atoms with Crippen molar-refractivity contribution >= 4 is 5.69 Å². The van der Waals surface area contributed by atoms with E-state index < -0.39 is 6.10 Å². The number of nitrogens with one attached hydrogen (secondary N) is 1. The minimum absolute atomic E-state index is 0.430. The van der Waals surface area contributed by atoms with Crippen LogP contribution in [0.25, 0.3) is 0 Å². The highest BCUT2D eigenvalue weighted by Gasteiger charge is 2.21. The van der Waals surface area contributed by atoms with Crippen LogP contribution in [0.5, 0.6) is 0 Å². The lowest BCUT2D eigenvalue weighted by atomic mass is 10.0. The first-order chi connectivity index (χ1) is 9.74. The first-order valence-corrected chi connectivity index (χ1v) is 7.85. The molecule has 0 aromatic heterocycles. The van der Waals surface area contributed by atoms with Gasteiger partial charge in [0, 0.05) is 18.8 Å². The molecule has 0 aliphatic heterocycles. The van der Waals surface area contributed by atoms with Crippen LogP contribution in [0.3, 0.4) is 0 Å². The standard InChI is InChI=1S/C17H27NO2/c1-3-14-6-5-7-15(4-2)17(14)18-10-16(19)12-20-11-13-8-9-13/h5-7,13,16,18-19H,3-4,8-12H2,1-2H3. The first-order valence-electron chi connectivity index (χ1n) is 7.85. The molecule has 0 radical (unpaired) electrons. The Bertz CT molecular complexity index is 393. The van der Waals surface area contributed by atoms with Crippen molar-refractivity contribution < 1.29 is 9.84 Å². The molecule has 20 heavy (non-hydrogen) atoms. The second-order valence-electron chi connectivity index (χ2n) is 5.67. The molecule has 1 atom stereocenters. The van der Waals surface area contributed by atoms with Gasteiger partial charge in [0.2, 0.25) is 0 Å². The van der Waals surface area contributed by atoms with E-state index in [2.05, 4.69) is 37.4 Å². The predicted molar refractivity (Wildman–Crippen MR) is 83.2 cm³/mol. The normalized spacial score (nSPS) is 16.1. The van der Waals surface area contributed by atoms with E-state index in [-0.39, 0.29) is 0 Å². The van der Waals surface area contributed by atoms with Crippen LogP contribution < -0.4 is 5.32 Å². The van der Waals surface area contributed by atoms with E-state index in [1.807, 2.05) is 0 Å². The first kappa shape index (κ1) is 15.3. The monoisotopic (exact) mass is 277 g/mol. The molecule has 0 heterocycles. The van der Waals surface area contributed by atoms with Crippen LogP contribution >= 0.6 is 0 Å². The zero-order valence-corrected chi connectivity index (χ0v) is 12.7. The predicted octanol–water partition coefficient (Wildman–Crippen LogP) is 3.01. The van der Waals surface area contributed by atoms with Gasteiger partial charge in [0.1, 0.15) is 0 Å². The Balaban J connectivity index is 1.82. The fourth-order valence-corrected chi connectivity index (χ4v) is 2.40. The molecule has 1 aliphatic rings. The Morgan fingerprint density at radius 3 is 2.45 bits per heavy atom. The number of benzene rings is 1. The van der Waals surface area contributed by atoms with E-state index in [1.165, 1.54) is 29.7 Å². The van der Waals surface area contributed by atoms with Crippen molar-refractivity contribution in [2.24, 2.45) is 5.92 Å². The van der Waals surface area contributed by atoms with Crippen molar-refractivity contribution in [1.29, 1.82) is 0 Å². The maximum atomic E-state index is 9.98. The highest BCUT2D eigenvalue weighted by molar-refractivity contribution is 5.57. The van der Waals surface area contributed by atoms with Crippen molar-refractivity contribution in [3.63, 3.8) is 0 Å². The SMILES string of the molecule is CCc1cccc(CC)c1NCC(O)COCC1CC1.